The van der Waals surface area contributed by atoms with Gasteiger partial charge in [0.2, 0.25) is 11.8 Å². The number of nitrogens with one attached hydrogen (secondary N) is 1. The summed E-state index contributed by atoms with van der Waals surface area (Å²) >= 11 is 1.14. The number of hydrogen-bond acceptors (Lipinski definition) is 8. The zero-order valence-corrected chi connectivity index (χ0v) is 16.8. The minimum absolute atomic E-state index is 0.0410. The van der Waals surface area contributed by atoms with Crippen molar-refractivity contribution in [3.63, 3.8) is 0 Å². The molecule has 0 saturated carbocycles. The monoisotopic (exact) mass is 433 g/mol. The standard InChI is InChI=1S/C21H15N5O4S/c27-19(13-31-21-25-24-20(30-21)16-9-11-22-12-10-16)23-17-5-1-14(2-6-17)15-3-7-18(8-4-15)26(28)29/h1-12H,13H2,(H,23,27). The molecule has 0 aliphatic rings. The number of nitro benzene ring substituents is 1. The van der Waals surface area contributed by atoms with Gasteiger partial charge in [0.15, 0.2) is 0 Å². The number of aromatic nitrogens is 3. The van der Waals surface area contributed by atoms with Crippen LogP contribution in [0.3, 0.4) is 0 Å². The Morgan fingerprint density at radius 2 is 1.58 bits per heavy atom. The Hall–Kier alpha value is -4.05. The smallest absolute Gasteiger partial charge is 0.277 e. The van der Waals surface area contributed by atoms with Crippen molar-refractivity contribution >= 4 is 29.0 Å². The lowest BCUT2D eigenvalue weighted by Gasteiger charge is -2.06. The lowest BCUT2D eigenvalue weighted by Crippen LogP contribution is -2.13. The van der Waals surface area contributed by atoms with Crippen LogP contribution in [0.2, 0.25) is 0 Å². The molecule has 2 heterocycles. The van der Waals surface area contributed by atoms with E-state index in [4.69, 9.17) is 4.42 Å². The highest BCUT2D eigenvalue weighted by Crippen LogP contribution is 2.25. The zero-order chi connectivity index (χ0) is 21.6. The Morgan fingerprint density at radius 3 is 2.23 bits per heavy atom. The van der Waals surface area contributed by atoms with E-state index in [9.17, 15) is 14.9 Å². The summed E-state index contributed by atoms with van der Waals surface area (Å²) in [5, 5.41) is 21.8. The van der Waals surface area contributed by atoms with Crippen molar-refractivity contribution in [1.29, 1.82) is 0 Å². The quantitative estimate of drug-likeness (QED) is 0.258. The number of hydrogen-bond donors (Lipinski definition) is 1. The first-order valence-corrected chi connectivity index (χ1v) is 10.1. The molecule has 154 valence electrons. The van der Waals surface area contributed by atoms with E-state index in [1.807, 2.05) is 12.1 Å². The molecule has 1 amide bonds. The van der Waals surface area contributed by atoms with Crippen molar-refractivity contribution in [2.45, 2.75) is 5.22 Å². The highest BCUT2D eigenvalue weighted by Gasteiger charge is 2.11. The number of benzene rings is 2. The van der Waals surface area contributed by atoms with Crippen LogP contribution in [0.25, 0.3) is 22.6 Å². The van der Waals surface area contributed by atoms with E-state index in [1.165, 1.54) is 12.1 Å². The van der Waals surface area contributed by atoms with E-state index >= 15 is 0 Å². The number of non-ortho nitro benzene ring substituents is 1. The molecule has 0 spiro atoms. The second-order valence-corrected chi connectivity index (χ2v) is 7.25. The van der Waals surface area contributed by atoms with Crippen molar-refractivity contribution in [2.24, 2.45) is 0 Å². The van der Waals surface area contributed by atoms with E-state index in [1.54, 1.807) is 48.8 Å². The van der Waals surface area contributed by atoms with Gasteiger partial charge in [0.05, 0.1) is 10.7 Å². The molecule has 0 aliphatic carbocycles. The number of nitro groups is 1. The maximum absolute atomic E-state index is 12.2. The fourth-order valence-electron chi connectivity index (χ4n) is 2.73. The number of thioether (sulfide) groups is 1. The largest absolute Gasteiger partial charge is 0.411 e. The van der Waals surface area contributed by atoms with Gasteiger partial charge in [-0.25, -0.2) is 0 Å². The van der Waals surface area contributed by atoms with Crippen LogP contribution < -0.4 is 5.32 Å². The summed E-state index contributed by atoms with van der Waals surface area (Å²) in [4.78, 5) is 26.5. The first-order valence-electron chi connectivity index (χ1n) is 9.10. The Bertz CT molecular complexity index is 1190. The summed E-state index contributed by atoms with van der Waals surface area (Å²) in [6.45, 7) is 0. The molecule has 31 heavy (non-hydrogen) atoms. The summed E-state index contributed by atoms with van der Waals surface area (Å²) in [5.74, 6) is 0.270. The molecule has 4 rings (SSSR count). The highest BCUT2D eigenvalue weighted by atomic mass is 32.2. The van der Waals surface area contributed by atoms with Gasteiger partial charge in [-0.2, -0.15) is 0 Å². The van der Waals surface area contributed by atoms with Gasteiger partial charge in [0, 0.05) is 35.8 Å². The van der Waals surface area contributed by atoms with Crippen molar-refractivity contribution in [2.75, 3.05) is 11.1 Å². The molecular formula is C21H15N5O4S. The molecule has 9 nitrogen and oxygen atoms in total. The summed E-state index contributed by atoms with van der Waals surface area (Å²) < 4.78 is 5.55. The maximum atomic E-state index is 12.2. The summed E-state index contributed by atoms with van der Waals surface area (Å²) in [6.07, 6.45) is 3.26. The minimum atomic E-state index is -0.436. The van der Waals surface area contributed by atoms with E-state index in [0.717, 1.165) is 28.5 Å². The number of carbonyl (C=O) groups is 1. The lowest BCUT2D eigenvalue weighted by atomic mass is 10.1. The number of anilines is 1. The zero-order valence-electron chi connectivity index (χ0n) is 16.0. The molecule has 2 aromatic heterocycles. The summed E-state index contributed by atoms with van der Waals surface area (Å²) in [7, 11) is 0. The van der Waals surface area contributed by atoms with Crippen LogP contribution in [0.4, 0.5) is 11.4 Å². The Balaban J connectivity index is 1.32. The first-order chi connectivity index (χ1) is 15.1. The molecule has 2 aromatic carbocycles. The van der Waals surface area contributed by atoms with Crippen LogP contribution >= 0.6 is 11.8 Å². The SMILES string of the molecule is O=C(CSc1nnc(-c2ccncc2)o1)Nc1ccc(-c2ccc([N+](=O)[O-])cc2)cc1. The molecule has 4 aromatic rings. The Labute approximate surface area is 180 Å². The highest BCUT2D eigenvalue weighted by molar-refractivity contribution is 7.99. The van der Waals surface area contributed by atoms with Crippen molar-refractivity contribution in [3.05, 3.63) is 83.2 Å². The topological polar surface area (TPSA) is 124 Å². The van der Waals surface area contributed by atoms with Gasteiger partial charge in [-0.05, 0) is 47.5 Å². The van der Waals surface area contributed by atoms with Gasteiger partial charge in [0.1, 0.15) is 0 Å². The van der Waals surface area contributed by atoms with Gasteiger partial charge in [0.25, 0.3) is 10.9 Å². The summed E-state index contributed by atoms with van der Waals surface area (Å²) in [5.41, 5.74) is 3.17. The third kappa shape index (κ3) is 5.11. The first kappa shape index (κ1) is 20.2. The molecule has 0 atom stereocenters. The maximum Gasteiger partial charge on any atom is 0.277 e. The molecular weight excluding hydrogens is 418 g/mol. The van der Waals surface area contributed by atoms with Gasteiger partial charge in [-0.15, -0.1) is 10.2 Å². The van der Waals surface area contributed by atoms with Crippen molar-refractivity contribution < 1.29 is 14.1 Å². The molecule has 1 N–H and O–H groups in total. The summed E-state index contributed by atoms with van der Waals surface area (Å²) in [6, 6.07) is 17.0. The Kier molecular flexibility index (Phi) is 5.99. The number of carbonyl (C=O) groups excluding carboxylic acids is 1. The molecule has 0 radical (unpaired) electrons. The fourth-order valence-corrected chi connectivity index (χ4v) is 3.29. The molecule has 10 heteroatoms. The van der Waals surface area contributed by atoms with Gasteiger partial charge in [-0.1, -0.05) is 23.9 Å². The van der Waals surface area contributed by atoms with Crippen LogP contribution in [0.15, 0.2) is 82.7 Å². The molecule has 0 saturated heterocycles. The molecule has 0 bridgehead atoms. The normalized spacial score (nSPS) is 10.6. The molecule has 0 aliphatic heterocycles. The van der Waals surface area contributed by atoms with Crippen LogP contribution in [0.5, 0.6) is 0 Å². The van der Waals surface area contributed by atoms with Crippen molar-refractivity contribution in [3.8, 4) is 22.6 Å². The molecule has 0 fully saturated rings. The predicted octanol–water partition coefficient (Wildman–Crippen LogP) is 4.44. The van der Waals surface area contributed by atoms with Crippen LogP contribution in [0.1, 0.15) is 0 Å². The van der Waals surface area contributed by atoms with Gasteiger partial charge < -0.3 is 9.73 Å². The second-order valence-electron chi connectivity index (χ2n) is 6.33. The van der Waals surface area contributed by atoms with E-state index in [-0.39, 0.29) is 17.3 Å². The van der Waals surface area contributed by atoms with Crippen LogP contribution in [0, 0.1) is 10.1 Å². The number of nitrogens with zero attached hydrogens (tertiary/aromatic N) is 4. The Morgan fingerprint density at radius 1 is 0.935 bits per heavy atom. The fraction of sp³-hybridized carbons (Fsp3) is 0.0476. The molecule has 0 unspecified atom stereocenters. The average Bonchev–Trinajstić information content (AvgIpc) is 3.28. The lowest BCUT2D eigenvalue weighted by molar-refractivity contribution is -0.384. The van der Waals surface area contributed by atoms with Crippen LogP contribution in [-0.2, 0) is 4.79 Å². The second kappa shape index (κ2) is 9.18. The van der Waals surface area contributed by atoms with E-state index < -0.39 is 4.92 Å². The predicted molar refractivity (Wildman–Crippen MR) is 115 cm³/mol. The van der Waals surface area contributed by atoms with Gasteiger partial charge in [-0.3, -0.25) is 19.9 Å². The average molecular weight is 433 g/mol. The minimum Gasteiger partial charge on any atom is -0.411 e. The van der Waals surface area contributed by atoms with E-state index in [2.05, 4.69) is 20.5 Å². The van der Waals surface area contributed by atoms with Crippen molar-refractivity contribution in [1.82, 2.24) is 15.2 Å². The third-order valence-corrected chi connectivity index (χ3v) is 5.06. The third-order valence-electron chi connectivity index (χ3n) is 4.24. The number of pyridine rings is 1. The van der Waals surface area contributed by atoms with Crippen LogP contribution in [-0.4, -0.2) is 31.8 Å². The van der Waals surface area contributed by atoms with E-state index in [0.29, 0.717) is 16.8 Å². The van der Waals surface area contributed by atoms with Gasteiger partial charge >= 0.3 is 0 Å². The number of amides is 1. The number of rotatable bonds is 7.